The number of benzene rings is 18. The smallest absolute Gasteiger partial charge is 0.0621 e. The highest BCUT2D eigenvalue weighted by Crippen LogP contribution is 2.55. The molecule has 2 fully saturated rings. The van der Waals surface area contributed by atoms with E-state index in [0.29, 0.717) is 11.8 Å². The van der Waals surface area contributed by atoms with Crippen LogP contribution in [-0.2, 0) is 0 Å². The first-order chi connectivity index (χ1) is 65.2. The standard InChI is InChI=1S/C66H54N4.C58H42N4/c1-5-17-43(18-6-1)45-33-37-49(38-34-45)67(47-21-9-3-10-22-47)57-29-15-31-59-63(57)53-27-13-25-51-55-42-62-56(41-61(55)69(59)65(51)53)52-26-14-28-54-64-58(30-16-32-60(64)70(62)66(52)54)68(48-23-11-4-12-24-48)50-39-35-46(36-40-50)44-19-7-2-8-20-44;1-35-17-25-39(26-18-35)59(40-27-19-36(2)20-28-40)49-13-7-15-51-55(49)45-11-5-9-43-47-34-54-48(33-53(47)61(51)57(43)45)44-10-6-12-46-56-50(14-8-16-52(56)62(54)58(44)46)60(41-29-21-37(3)22-30-41)42-31-23-38(4)24-32-42/h3-4,9-16,21-44H,1-2,5-8,17-20H2;5-34H,1-4H3. The van der Waals surface area contributed by atoms with E-state index in [9.17, 15) is 0 Å². The Labute approximate surface area is 765 Å². The van der Waals surface area contributed by atoms with Crippen LogP contribution in [-0.4, -0.2) is 17.6 Å². The van der Waals surface area contributed by atoms with Gasteiger partial charge in [0.15, 0.2) is 0 Å². The number of rotatable bonds is 14. The van der Waals surface area contributed by atoms with E-state index in [4.69, 9.17) is 0 Å². The lowest BCUT2D eigenvalue weighted by molar-refractivity contribution is 0.443. The quantitative estimate of drug-likeness (QED) is 0.109. The Kier molecular flexibility index (Phi) is 17.3. The molecule has 8 heteroatoms. The predicted molar refractivity (Wildman–Crippen MR) is 561 cm³/mol. The minimum absolute atomic E-state index is 0.669. The molecular weight excluding hydrogens is 1600 g/mol. The predicted octanol–water partition coefficient (Wildman–Crippen LogP) is 35.2. The zero-order valence-electron chi connectivity index (χ0n) is 74.6. The van der Waals surface area contributed by atoms with E-state index in [1.165, 1.54) is 284 Å². The van der Waals surface area contributed by atoms with Gasteiger partial charge in [0.05, 0.1) is 88.9 Å². The van der Waals surface area contributed by atoms with Crippen LogP contribution in [0.5, 0.6) is 0 Å². The molecule has 0 amide bonds. The Morgan fingerprint density at radius 2 is 0.394 bits per heavy atom. The number of aryl methyl sites for hydroxylation is 4. The van der Waals surface area contributed by atoms with Crippen LogP contribution in [0.2, 0.25) is 0 Å². The summed E-state index contributed by atoms with van der Waals surface area (Å²) in [6, 6.07) is 142. The van der Waals surface area contributed by atoms with E-state index >= 15 is 0 Å². The minimum Gasteiger partial charge on any atom is -0.310 e. The van der Waals surface area contributed by atoms with Gasteiger partial charge in [0.25, 0.3) is 0 Å². The Bertz CT molecular complexity index is 8360. The lowest BCUT2D eigenvalue weighted by atomic mass is 9.84. The average molecular weight is 1700 g/mol. The highest BCUT2D eigenvalue weighted by atomic mass is 15.2. The molecule has 26 aromatic rings. The second-order valence-electron chi connectivity index (χ2n) is 37.8. The summed E-state index contributed by atoms with van der Waals surface area (Å²) in [7, 11) is 0. The fraction of sp³-hybridized carbons (Fsp3) is 0.129. The highest BCUT2D eigenvalue weighted by molar-refractivity contribution is 6.34. The Morgan fingerprint density at radius 3 is 0.636 bits per heavy atom. The minimum atomic E-state index is 0.669. The number of anilines is 12. The number of fused-ring (bicyclic) bond motifs is 24. The second kappa shape index (κ2) is 30.0. The first-order valence-electron chi connectivity index (χ1n) is 47.6. The van der Waals surface area contributed by atoms with Crippen molar-refractivity contribution < 1.29 is 0 Å². The molecule has 0 N–H and O–H groups in total. The van der Waals surface area contributed by atoms with Crippen molar-refractivity contribution in [1.29, 1.82) is 0 Å². The van der Waals surface area contributed by atoms with Crippen LogP contribution in [0.25, 0.3) is 152 Å². The fourth-order valence-corrected chi connectivity index (χ4v) is 24.1. The number of hydrogen-bond acceptors (Lipinski definition) is 4. The number of aromatic nitrogens is 4. The van der Waals surface area contributed by atoms with Crippen LogP contribution in [0.15, 0.2) is 376 Å². The largest absolute Gasteiger partial charge is 0.310 e. The van der Waals surface area contributed by atoms with E-state index < -0.39 is 0 Å². The molecule has 132 heavy (non-hydrogen) atoms. The van der Waals surface area contributed by atoms with Crippen LogP contribution in [0.3, 0.4) is 0 Å². The first kappa shape index (κ1) is 76.4. The molecule has 8 nitrogen and oxygen atoms in total. The van der Waals surface area contributed by atoms with Gasteiger partial charge in [0, 0.05) is 132 Å². The van der Waals surface area contributed by atoms with Crippen molar-refractivity contribution in [1.82, 2.24) is 17.6 Å². The summed E-state index contributed by atoms with van der Waals surface area (Å²) in [5, 5.41) is 20.4. The van der Waals surface area contributed by atoms with Gasteiger partial charge >= 0.3 is 0 Å². The SMILES string of the molecule is Cc1ccc(N(c2ccc(C)cc2)c2cccc3c2c2cccc4c5cc6c(cc5n3c42)c2cccc3c4c(N(c5ccc(C)cc5)c5ccc(C)cc5)cccc4n6c23)cc1.c1ccc(N(c2ccc(C3CCCCC3)cc2)c2cccc3c2c2cccc4c5cc6c(cc5n3c42)c2cccc3c4c(N(c5ccccc5)c5ccc(C7CCCCC7)cc5)cccc4n6c23)cc1. The summed E-state index contributed by atoms with van der Waals surface area (Å²) in [6.07, 6.45) is 13.3. The van der Waals surface area contributed by atoms with Crippen molar-refractivity contribution in [3.05, 3.63) is 409 Å². The van der Waals surface area contributed by atoms with Crippen molar-refractivity contribution in [3.63, 3.8) is 0 Å². The molecule has 0 aliphatic heterocycles. The van der Waals surface area contributed by atoms with E-state index in [-0.39, 0.29) is 0 Å². The fourth-order valence-electron chi connectivity index (χ4n) is 24.1. The normalized spacial score (nSPS) is 13.8. The van der Waals surface area contributed by atoms with Gasteiger partial charge in [-0.3, -0.25) is 0 Å². The summed E-state index contributed by atoms with van der Waals surface area (Å²) in [4.78, 5) is 9.81. The Balaban J connectivity index is 0.000000136. The molecule has 0 atom stereocenters. The van der Waals surface area contributed by atoms with Crippen molar-refractivity contribution in [2.45, 2.75) is 104 Å². The molecule has 8 aromatic heterocycles. The van der Waals surface area contributed by atoms with E-state index in [2.05, 4.69) is 441 Å². The van der Waals surface area contributed by atoms with E-state index in [1.807, 2.05) is 0 Å². The van der Waals surface area contributed by atoms with Gasteiger partial charge in [-0.25, -0.2) is 0 Å². The molecule has 2 saturated carbocycles. The maximum Gasteiger partial charge on any atom is 0.0621 e. The van der Waals surface area contributed by atoms with Crippen LogP contribution in [0, 0.1) is 27.7 Å². The number of para-hydroxylation sites is 6. The van der Waals surface area contributed by atoms with E-state index in [1.54, 1.807) is 0 Å². The van der Waals surface area contributed by atoms with Crippen LogP contribution >= 0.6 is 0 Å². The number of nitrogens with zero attached hydrogens (tertiary/aromatic N) is 8. The molecule has 632 valence electrons. The lowest BCUT2D eigenvalue weighted by Crippen LogP contribution is -2.11. The summed E-state index contributed by atoms with van der Waals surface area (Å²) in [5.74, 6) is 1.34. The molecule has 2 aliphatic carbocycles. The average Bonchev–Trinajstić information content (AvgIpc) is 1.52. The van der Waals surface area contributed by atoms with Crippen LogP contribution in [0.1, 0.15) is 109 Å². The van der Waals surface area contributed by atoms with Gasteiger partial charge in [0.1, 0.15) is 0 Å². The van der Waals surface area contributed by atoms with Crippen LogP contribution < -0.4 is 19.6 Å². The molecule has 18 aromatic carbocycles. The van der Waals surface area contributed by atoms with Gasteiger partial charge in [-0.15, -0.1) is 0 Å². The van der Waals surface area contributed by atoms with Gasteiger partial charge < -0.3 is 37.2 Å². The molecule has 0 spiro atoms. The monoisotopic (exact) mass is 1700 g/mol. The molecule has 0 bridgehead atoms. The maximum absolute atomic E-state index is 2.57. The summed E-state index contributed by atoms with van der Waals surface area (Å²) in [5.41, 5.74) is 37.0. The molecule has 0 unspecified atom stereocenters. The maximum atomic E-state index is 2.57. The zero-order chi connectivity index (χ0) is 87.2. The third-order valence-corrected chi connectivity index (χ3v) is 30.1. The molecule has 8 heterocycles. The van der Waals surface area contributed by atoms with Crippen molar-refractivity contribution in [3.8, 4) is 0 Å². The second-order valence-corrected chi connectivity index (χ2v) is 37.8. The van der Waals surface area contributed by atoms with Crippen LogP contribution in [0.4, 0.5) is 68.2 Å². The van der Waals surface area contributed by atoms with Gasteiger partial charge in [-0.2, -0.15) is 0 Å². The molecule has 0 saturated heterocycles. The summed E-state index contributed by atoms with van der Waals surface area (Å²) >= 11 is 0. The van der Waals surface area contributed by atoms with Gasteiger partial charge in [-0.1, -0.05) is 267 Å². The number of hydrogen-bond donors (Lipinski definition) is 0. The molecule has 0 radical (unpaired) electrons. The third kappa shape index (κ3) is 11.6. The van der Waals surface area contributed by atoms with Gasteiger partial charge in [-0.05, 0) is 246 Å². The van der Waals surface area contributed by atoms with Crippen molar-refractivity contribution in [2.75, 3.05) is 19.6 Å². The topological polar surface area (TPSA) is 30.6 Å². The summed E-state index contributed by atoms with van der Waals surface area (Å²) in [6.45, 7) is 8.61. The Hall–Kier alpha value is -15.6. The molecule has 2 aliphatic rings. The third-order valence-electron chi connectivity index (χ3n) is 30.1. The Morgan fingerprint density at radius 1 is 0.182 bits per heavy atom. The highest BCUT2D eigenvalue weighted by Gasteiger charge is 2.32. The molecular formula is C124H96N8. The van der Waals surface area contributed by atoms with Crippen molar-refractivity contribution in [2.24, 2.45) is 0 Å². The molecule has 28 rings (SSSR count). The van der Waals surface area contributed by atoms with E-state index in [0.717, 1.165) is 34.1 Å². The zero-order valence-corrected chi connectivity index (χ0v) is 74.6. The lowest BCUT2D eigenvalue weighted by Gasteiger charge is -2.27. The summed E-state index contributed by atoms with van der Waals surface area (Å²) < 4.78 is 10.2. The van der Waals surface area contributed by atoms with Crippen molar-refractivity contribution >= 4 is 221 Å². The van der Waals surface area contributed by atoms with Gasteiger partial charge in [0.2, 0.25) is 0 Å². The first-order valence-corrected chi connectivity index (χ1v) is 47.6.